The van der Waals surface area contributed by atoms with E-state index in [1.165, 1.54) is 0 Å². The summed E-state index contributed by atoms with van der Waals surface area (Å²) < 4.78 is 1.85. The van der Waals surface area contributed by atoms with Crippen molar-refractivity contribution in [2.24, 2.45) is 0 Å². The number of pyridine rings is 1. The van der Waals surface area contributed by atoms with E-state index in [4.69, 9.17) is 0 Å². The van der Waals surface area contributed by atoms with Crippen molar-refractivity contribution in [3.05, 3.63) is 22.2 Å². The number of fused-ring (bicyclic) bond motifs is 1. The number of nitrogens with zero attached hydrogens (tertiary/aromatic N) is 2. The van der Waals surface area contributed by atoms with Crippen LogP contribution in [0.4, 0.5) is 0 Å². The topological polar surface area (TPSA) is 70.9 Å². The highest BCUT2D eigenvalue weighted by Crippen LogP contribution is 2.21. The average Bonchev–Trinajstić information content (AvgIpc) is 2.40. The van der Waals surface area contributed by atoms with Gasteiger partial charge in [0.2, 0.25) is 0 Å². The molecule has 0 atom stereocenters. The monoisotopic (exact) mass is 193 g/mol. The molecule has 0 bridgehead atoms. The molecule has 2 heterocycles. The van der Waals surface area contributed by atoms with Crippen molar-refractivity contribution in [2.75, 3.05) is 0 Å². The molecule has 5 heteroatoms. The zero-order valence-corrected chi connectivity index (χ0v) is 8.03. The van der Waals surface area contributed by atoms with Gasteiger partial charge in [0.1, 0.15) is 17.1 Å². The number of aromatic nitrogens is 3. The Morgan fingerprint density at radius 3 is 3.00 bits per heavy atom. The Balaban J connectivity index is 2.95. The second-order valence-electron chi connectivity index (χ2n) is 3.12. The quantitative estimate of drug-likeness (QED) is 0.702. The number of hydrogen-bond acceptors (Lipinski definition) is 3. The smallest absolute Gasteiger partial charge is 0.253 e. The Labute approximate surface area is 80.0 Å². The predicted molar refractivity (Wildman–Crippen MR) is 52.4 cm³/mol. The molecule has 2 N–H and O–H groups in total. The van der Waals surface area contributed by atoms with Crippen molar-refractivity contribution in [3.8, 4) is 5.75 Å². The van der Waals surface area contributed by atoms with Gasteiger partial charge < -0.3 is 14.7 Å². The van der Waals surface area contributed by atoms with E-state index < -0.39 is 0 Å². The van der Waals surface area contributed by atoms with Gasteiger partial charge in [-0.3, -0.25) is 4.79 Å². The first-order chi connectivity index (χ1) is 6.63. The van der Waals surface area contributed by atoms with Gasteiger partial charge in [-0.1, -0.05) is 0 Å². The van der Waals surface area contributed by atoms with Gasteiger partial charge in [0, 0.05) is 12.6 Å². The van der Waals surface area contributed by atoms with Gasteiger partial charge in [0.05, 0.1) is 0 Å². The summed E-state index contributed by atoms with van der Waals surface area (Å²) in [6.45, 7) is 4.50. The van der Waals surface area contributed by atoms with Crippen molar-refractivity contribution >= 4 is 11.2 Å². The molecule has 2 rings (SSSR count). The lowest BCUT2D eigenvalue weighted by Crippen LogP contribution is -2.04. The van der Waals surface area contributed by atoms with E-state index in [9.17, 15) is 9.90 Å². The fourth-order valence-corrected chi connectivity index (χ4v) is 1.64. The van der Waals surface area contributed by atoms with Crippen LogP contribution in [0.25, 0.3) is 11.2 Å². The van der Waals surface area contributed by atoms with Crippen molar-refractivity contribution in [1.82, 2.24) is 14.5 Å². The van der Waals surface area contributed by atoms with E-state index in [1.807, 2.05) is 18.4 Å². The van der Waals surface area contributed by atoms with E-state index in [0.717, 1.165) is 11.9 Å². The van der Waals surface area contributed by atoms with Crippen LogP contribution in [0.2, 0.25) is 0 Å². The Bertz CT molecular complexity index is 539. The number of imidazole rings is 1. The van der Waals surface area contributed by atoms with Gasteiger partial charge >= 0.3 is 0 Å². The maximum absolute atomic E-state index is 11.0. The Morgan fingerprint density at radius 1 is 1.64 bits per heavy atom. The molecule has 2 aromatic rings. The molecule has 14 heavy (non-hydrogen) atoms. The van der Waals surface area contributed by atoms with Crippen LogP contribution in [0.15, 0.2) is 10.9 Å². The Morgan fingerprint density at radius 2 is 2.36 bits per heavy atom. The van der Waals surface area contributed by atoms with E-state index in [1.54, 1.807) is 0 Å². The van der Waals surface area contributed by atoms with E-state index in [2.05, 4.69) is 9.97 Å². The standard InChI is InChI=1S/C9H11N3O2/c1-3-12-5(2)10-9-8(12)6(13)4-7(14)11-9/h4H,3H2,1-2H3,(H2,11,13,14). The molecule has 0 aromatic carbocycles. The predicted octanol–water partition coefficient (Wildman–Crippen LogP) is 0.759. The molecule has 5 nitrogen and oxygen atoms in total. The van der Waals surface area contributed by atoms with Crippen molar-refractivity contribution in [1.29, 1.82) is 0 Å². The number of rotatable bonds is 1. The molecular weight excluding hydrogens is 182 g/mol. The summed E-state index contributed by atoms with van der Waals surface area (Å²) in [7, 11) is 0. The van der Waals surface area contributed by atoms with E-state index in [-0.39, 0.29) is 11.3 Å². The number of nitrogens with one attached hydrogen (secondary N) is 1. The normalized spacial score (nSPS) is 11.0. The minimum atomic E-state index is -0.337. The lowest BCUT2D eigenvalue weighted by molar-refractivity contribution is 0.476. The zero-order valence-electron chi connectivity index (χ0n) is 8.03. The molecule has 0 radical (unpaired) electrons. The molecule has 0 unspecified atom stereocenters. The highest BCUT2D eigenvalue weighted by atomic mass is 16.3. The summed E-state index contributed by atoms with van der Waals surface area (Å²) in [4.78, 5) is 17.8. The van der Waals surface area contributed by atoms with Crippen LogP contribution >= 0.6 is 0 Å². The van der Waals surface area contributed by atoms with Crippen LogP contribution in [-0.2, 0) is 6.54 Å². The van der Waals surface area contributed by atoms with Crippen molar-refractivity contribution in [2.45, 2.75) is 20.4 Å². The van der Waals surface area contributed by atoms with Crippen LogP contribution in [0.1, 0.15) is 12.7 Å². The van der Waals surface area contributed by atoms with Crippen LogP contribution in [-0.4, -0.2) is 19.6 Å². The Hall–Kier alpha value is -1.78. The second kappa shape index (κ2) is 2.87. The largest absolute Gasteiger partial charge is 0.505 e. The lowest BCUT2D eigenvalue weighted by Gasteiger charge is -2.02. The fraction of sp³-hybridized carbons (Fsp3) is 0.333. The molecule has 0 aliphatic rings. The first-order valence-corrected chi connectivity index (χ1v) is 4.42. The molecule has 2 aromatic heterocycles. The molecule has 0 saturated heterocycles. The number of hydrogen-bond donors (Lipinski definition) is 2. The maximum atomic E-state index is 11.0. The van der Waals surface area contributed by atoms with Gasteiger partial charge in [0.15, 0.2) is 5.65 Å². The van der Waals surface area contributed by atoms with Crippen molar-refractivity contribution in [3.63, 3.8) is 0 Å². The van der Waals surface area contributed by atoms with Crippen LogP contribution < -0.4 is 5.56 Å². The van der Waals surface area contributed by atoms with Crippen LogP contribution in [0.5, 0.6) is 5.75 Å². The summed E-state index contributed by atoms with van der Waals surface area (Å²) in [6, 6.07) is 1.16. The maximum Gasteiger partial charge on any atom is 0.253 e. The summed E-state index contributed by atoms with van der Waals surface area (Å²) in [6.07, 6.45) is 0. The molecule has 0 saturated carbocycles. The zero-order chi connectivity index (χ0) is 10.3. The van der Waals surface area contributed by atoms with Crippen molar-refractivity contribution < 1.29 is 5.11 Å². The minimum Gasteiger partial charge on any atom is -0.505 e. The Kier molecular flexibility index (Phi) is 1.80. The third-order valence-electron chi connectivity index (χ3n) is 2.23. The molecular formula is C9H11N3O2. The minimum absolute atomic E-state index is 0.0220. The highest BCUT2D eigenvalue weighted by molar-refractivity contribution is 5.78. The summed E-state index contributed by atoms with van der Waals surface area (Å²) in [5.41, 5.74) is 0.690. The first kappa shape index (κ1) is 8.80. The number of aromatic amines is 1. The van der Waals surface area contributed by atoms with Gasteiger partial charge in [-0.05, 0) is 13.8 Å². The summed E-state index contributed by atoms with van der Waals surface area (Å²) in [5.74, 6) is 0.755. The van der Waals surface area contributed by atoms with Gasteiger partial charge in [-0.15, -0.1) is 0 Å². The highest BCUT2D eigenvalue weighted by Gasteiger charge is 2.10. The molecule has 74 valence electrons. The first-order valence-electron chi connectivity index (χ1n) is 4.42. The number of aromatic hydroxyl groups is 1. The third-order valence-corrected chi connectivity index (χ3v) is 2.23. The summed E-state index contributed by atoms with van der Waals surface area (Å²) in [5, 5.41) is 9.60. The SMILES string of the molecule is CCn1c(C)nc2[nH]c(=O)cc(O)c21. The summed E-state index contributed by atoms with van der Waals surface area (Å²) >= 11 is 0. The van der Waals surface area contributed by atoms with Crippen LogP contribution in [0.3, 0.4) is 0 Å². The van der Waals surface area contributed by atoms with Crippen LogP contribution in [0, 0.1) is 6.92 Å². The number of aryl methyl sites for hydroxylation is 2. The molecule has 0 spiro atoms. The fourth-order valence-electron chi connectivity index (χ4n) is 1.64. The van der Waals surface area contributed by atoms with Gasteiger partial charge in [-0.25, -0.2) is 4.98 Å². The van der Waals surface area contributed by atoms with E-state index >= 15 is 0 Å². The third kappa shape index (κ3) is 1.09. The van der Waals surface area contributed by atoms with E-state index in [0.29, 0.717) is 17.7 Å². The lowest BCUT2D eigenvalue weighted by atomic mass is 10.4. The second-order valence-corrected chi connectivity index (χ2v) is 3.12. The number of H-pyrrole nitrogens is 1. The molecule has 0 aliphatic carbocycles. The van der Waals surface area contributed by atoms with Gasteiger partial charge in [0.25, 0.3) is 5.56 Å². The molecule has 0 fully saturated rings. The average molecular weight is 193 g/mol. The molecule has 0 amide bonds. The molecule has 0 aliphatic heterocycles. The van der Waals surface area contributed by atoms with Gasteiger partial charge in [-0.2, -0.15) is 0 Å².